The molecule has 2 heteroatoms. The normalized spacial score (nSPS) is 10.8. The first kappa shape index (κ1) is 13.1. The highest BCUT2D eigenvalue weighted by molar-refractivity contribution is 5.90. The number of primary amides is 1. The molecule has 0 unspecified atom stereocenters. The average Bonchev–Trinajstić information content (AvgIpc) is 2.40. The molecule has 1 amide bonds. The van der Waals surface area contributed by atoms with Gasteiger partial charge in [0.1, 0.15) is 0 Å². The largest absolute Gasteiger partial charge is 0.366 e. The van der Waals surface area contributed by atoms with Crippen LogP contribution in [-0.2, 0) is 4.79 Å². The second kappa shape index (κ2) is 5.53. The van der Waals surface area contributed by atoms with E-state index < -0.39 is 5.91 Å². The number of amides is 1. The monoisotopic (exact) mass is 251 g/mol. The van der Waals surface area contributed by atoms with Gasteiger partial charge in [-0.1, -0.05) is 36.4 Å². The third-order valence-electron chi connectivity index (χ3n) is 3.17. The molecule has 2 nitrogen and oxygen atoms in total. The lowest BCUT2D eigenvalue weighted by molar-refractivity contribution is -0.113. The molecule has 0 heterocycles. The molecule has 0 radical (unpaired) electrons. The number of hydrogen-bond donors (Lipinski definition) is 1. The first-order valence-electron chi connectivity index (χ1n) is 6.21. The van der Waals surface area contributed by atoms with Gasteiger partial charge in [0, 0.05) is 6.08 Å². The molecular weight excluding hydrogens is 234 g/mol. The summed E-state index contributed by atoms with van der Waals surface area (Å²) in [4.78, 5) is 10.7. The highest BCUT2D eigenvalue weighted by Crippen LogP contribution is 2.23. The summed E-state index contributed by atoms with van der Waals surface area (Å²) in [7, 11) is 0. The molecule has 0 atom stereocenters. The molecule has 0 spiro atoms. The number of aryl methyl sites for hydroxylation is 2. The van der Waals surface area contributed by atoms with Gasteiger partial charge in [0.2, 0.25) is 5.91 Å². The number of carbonyl (C=O) groups is 1. The molecule has 2 aromatic rings. The third kappa shape index (κ3) is 3.32. The van der Waals surface area contributed by atoms with Crippen molar-refractivity contribution in [2.24, 2.45) is 5.73 Å². The van der Waals surface area contributed by atoms with Crippen molar-refractivity contribution >= 4 is 12.0 Å². The van der Waals surface area contributed by atoms with E-state index in [-0.39, 0.29) is 0 Å². The maximum atomic E-state index is 10.7. The van der Waals surface area contributed by atoms with Gasteiger partial charge >= 0.3 is 0 Å². The summed E-state index contributed by atoms with van der Waals surface area (Å²) in [5, 5.41) is 0. The third-order valence-corrected chi connectivity index (χ3v) is 3.17. The first-order chi connectivity index (χ1) is 9.06. The molecule has 2 rings (SSSR count). The zero-order valence-electron chi connectivity index (χ0n) is 11.2. The van der Waals surface area contributed by atoms with Crippen molar-refractivity contribution in [2.45, 2.75) is 13.8 Å². The summed E-state index contributed by atoms with van der Waals surface area (Å²) in [6.45, 7) is 4.21. The Balaban J connectivity index is 2.37. The predicted octanol–water partition coefficient (Wildman–Crippen LogP) is 3.47. The predicted molar refractivity (Wildman–Crippen MR) is 79.6 cm³/mol. The van der Waals surface area contributed by atoms with Gasteiger partial charge in [-0.2, -0.15) is 0 Å². The van der Waals surface area contributed by atoms with Crippen molar-refractivity contribution in [2.75, 3.05) is 0 Å². The van der Waals surface area contributed by atoms with Gasteiger partial charge in [-0.15, -0.1) is 0 Å². The fourth-order valence-electron chi connectivity index (χ4n) is 1.92. The van der Waals surface area contributed by atoms with Crippen molar-refractivity contribution in [1.82, 2.24) is 0 Å². The Labute approximate surface area is 113 Å². The number of benzene rings is 2. The molecule has 0 aromatic heterocycles. The molecule has 96 valence electrons. The Hall–Kier alpha value is -2.35. The lowest BCUT2D eigenvalue weighted by Crippen LogP contribution is -2.05. The minimum atomic E-state index is -0.434. The van der Waals surface area contributed by atoms with Gasteiger partial charge in [-0.05, 0) is 53.8 Å². The Morgan fingerprint density at radius 2 is 1.74 bits per heavy atom. The van der Waals surface area contributed by atoms with Crippen LogP contribution in [0.15, 0.2) is 48.5 Å². The van der Waals surface area contributed by atoms with Gasteiger partial charge in [0.25, 0.3) is 0 Å². The molecule has 19 heavy (non-hydrogen) atoms. The number of nitrogens with two attached hydrogens (primary N) is 1. The van der Waals surface area contributed by atoms with Gasteiger partial charge < -0.3 is 5.73 Å². The zero-order valence-corrected chi connectivity index (χ0v) is 11.2. The van der Waals surface area contributed by atoms with Gasteiger partial charge in [-0.25, -0.2) is 0 Å². The second-order valence-electron chi connectivity index (χ2n) is 4.66. The topological polar surface area (TPSA) is 43.1 Å². The summed E-state index contributed by atoms with van der Waals surface area (Å²) >= 11 is 0. The van der Waals surface area contributed by atoms with Gasteiger partial charge in [0.05, 0.1) is 0 Å². The second-order valence-corrected chi connectivity index (χ2v) is 4.66. The van der Waals surface area contributed by atoms with Crippen LogP contribution in [0.4, 0.5) is 0 Å². The summed E-state index contributed by atoms with van der Waals surface area (Å²) in [5.74, 6) is -0.434. The number of hydrogen-bond acceptors (Lipinski definition) is 1. The van der Waals surface area contributed by atoms with Crippen LogP contribution in [-0.4, -0.2) is 5.91 Å². The Kier molecular flexibility index (Phi) is 3.81. The van der Waals surface area contributed by atoms with Crippen LogP contribution >= 0.6 is 0 Å². The lowest BCUT2D eigenvalue weighted by Gasteiger charge is -2.06. The van der Waals surface area contributed by atoms with E-state index in [9.17, 15) is 4.79 Å². The molecule has 0 saturated carbocycles. The maximum absolute atomic E-state index is 10.7. The lowest BCUT2D eigenvalue weighted by atomic mass is 9.99. The van der Waals surface area contributed by atoms with Crippen LogP contribution in [0.25, 0.3) is 17.2 Å². The number of carbonyl (C=O) groups excluding carboxylic acids is 1. The van der Waals surface area contributed by atoms with Crippen molar-refractivity contribution in [3.05, 3.63) is 65.2 Å². The van der Waals surface area contributed by atoms with Gasteiger partial charge in [-0.3, -0.25) is 4.79 Å². The minimum absolute atomic E-state index is 0.434. The molecule has 0 aliphatic heterocycles. The van der Waals surface area contributed by atoms with Crippen molar-refractivity contribution < 1.29 is 4.79 Å². The summed E-state index contributed by atoms with van der Waals surface area (Å²) in [6.07, 6.45) is 3.10. The van der Waals surface area contributed by atoms with E-state index in [1.165, 1.54) is 22.8 Å². The minimum Gasteiger partial charge on any atom is -0.366 e. The van der Waals surface area contributed by atoms with E-state index in [2.05, 4.69) is 38.1 Å². The molecule has 0 aliphatic carbocycles. The van der Waals surface area contributed by atoms with Gasteiger partial charge in [0.15, 0.2) is 0 Å². The van der Waals surface area contributed by atoms with Crippen LogP contribution in [0, 0.1) is 13.8 Å². The zero-order chi connectivity index (χ0) is 13.8. The summed E-state index contributed by atoms with van der Waals surface area (Å²) in [5.41, 5.74) is 10.9. The molecule has 2 N–H and O–H groups in total. The molecule has 0 bridgehead atoms. The van der Waals surface area contributed by atoms with Crippen LogP contribution in [0.5, 0.6) is 0 Å². The Morgan fingerprint density at radius 1 is 1.00 bits per heavy atom. The average molecular weight is 251 g/mol. The van der Waals surface area contributed by atoms with E-state index in [1.807, 2.05) is 18.2 Å². The van der Waals surface area contributed by atoms with Crippen LogP contribution in [0.1, 0.15) is 16.7 Å². The van der Waals surface area contributed by atoms with E-state index in [0.717, 1.165) is 11.1 Å². The first-order valence-corrected chi connectivity index (χ1v) is 6.21. The Morgan fingerprint density at radius 3 is 2.42 bits per heavy atom. The summed E-state index contributed by atoms with van der Waals surface area (Å²) in [6, 6.07) is 14.4. The standard InChI is InChI=1S/C17H17NO/c1-12-6-8-16(10-13(12)2)15-5-3-4-14(11-15)7-9-17(18)19/h3-11H,1-2H3,(H2,18,19)/b9-7-. The van der Waals surface area contributed by atoms with Crippen molar-refractivity contribution in [1.29, 1.82) is 0 Å². The van der Waals surface area contributed by atoms with E-state index >= 15 is 0 Å². The van der Waals surface area contributed by atoms with E-state index in [4.69, 9.17) is 5.73 Å². The highest BCUT2D eigenvalue weighted by atomic mass is 16.1. The van der Waals surface area contributed by atoms with Crippen molar-refractivity contribution in [3.8, 4) is 11.1 Å². The molecule has 0 saturated heterocycles. The fraction of sp³-hybridized carbons (Fsp3) is 0.118. The quantitative estimate of drug-likeness (QED) is 0.834. The highest BCUT2D eigenvalue weighted by Gasteiger charge is 2.00. The Bertz CT molecular complexity index is 641. The molecule has 2 aromatic carbocycles. The SMILES string of the molecule is Cc1ccc(-c2cccc(/C=C\C(N)=O)c2)cc1C. The van der Waals surface area contributed by atoms with E-state index in [1.54, 1.807) is 6.08 Å². The van der Waals surface area contributed by atoms with Crippen molar-refractivity contribution in [3.63, 3.8) is 0 Å². The summed E-state index contributed by atoms with van der Waals surface area (Å²) < 4.78 is 0. The molecule has 0 aliphatic rings. The fourth-order valence-corrected chi connectivity index (χ4v) is 1.92. The molecular formula is C17H17NO. The molecule has 0 fully saturated rings. The smallest absolute Gasteiger partial charge is 0.241 e. The number of rotatable bonds is 3. The van der Waals surface area contributed by atoms with Crippen LogP contribution < -0.4 is 5.73 Å². The van der Waals surface area contributed by atoms with Crippen LogP contribution in [0.3, 0.4) is 0 Å². The maximum Gasteiger partial charge on any atom is 0.241 e. The van der Waals surface area contributed by atoms with E-state index in [0.29, 0.717) is 0 Å². The van der Waals surface area contributed by atoms with Crippen LogP contribution in [0.2, 0.25) is 0 Å².